The van der Waals surface area contributed by atoms with Crippen LogP contribution in [0.15, 0.2) is 48.5 Å². The van der Waals surface area contributed by atoms with Gasteiger partial charge in [-0.25, -0.2) is 0 Å². The fourth-order valence-electron chi connectivity index (χ4n) is 2.40. The van der Waals surface area contributed by atoms with E-state index in [1.165, 1.54) is 0 Å². The minimum absolute atomic E-state index is 0.249. The summed E-state index contributed by atoms with van der Waals surface area (Å²) in [6.07, 6.45) is 0. The molecule has 0 spiro atoms. The number of aromatic amines is 1. The van der Waals surface area contributed by atoms with Crippen molar-refractivity contribution in [2.75, 3.05) is 6.61 Å². The van der Waals surface area contributed by atoms with Gasteiger partial charge in [-0.15, -0.1) is 0 Å². The van der Waals surface area contributed by atoms with Crippen molar-refractivity contribution in [1.29, 1.82) is 0 Å². The van der Waals surface area contributed by atoms with Gasteiger partial charge in [0.15, 0.2) is 0 Å². The largest absolute Gasteiger partial charge is 0.494 e. The number of rotatable bonds is 6. The van der Waals surface area contributed by atoms with E-state index in [1.54, 1.807) is 18.2 Å². The molecule has 134 valence electrons. The Bertz CT molecular complexity index is 907. The Hall–Kier alpha value is -2.50. The predicted molar refractivity (Wildman–Crippen MR) is 103 cm³/mol. The van der Waals surface area contributed by atoms with Crippen LogP contribution in [-0.2, 0) is 6.54 Å². The monoisotopic (exact) mass is 389 g/mol. The summed E-state index contributed by atoms with van der Waals surface area (Å²) >= 11 is 11.9. The lowest BCUT2D eigenvalue weighted by atomic mass is 10.1. The lowest BCUT2D eigenvalue weighted by molar-refractivity contribution is 0.0946. The molecule has 1 aromatic heterocycles. The summed E-state index contributed by atoms with van der Waals surface area (Å²) < 4.78 is 5.42. The summed E-state index contributed by atoms with van der Waals surface area (Å²) in [6.45, 7) is 2.89. The molecule has 1 amide bonds. The fraction of sp³-hybridized carbons (Fsp3) is 0.158. The van der Waals surface area contributed by atoms with Crippen molar-refractivity contribution >= 4 is 29.1 Å². The van der Waals surface area contributed by atoms with E-state index in [2.05, 4.69) is 15.5 Å². The first-order valence-electron chi connectivity index (χ1n) is 8.07. The SMILES string of the molecule is CCOc1ccc(-c2cc(C(=O)NCc3ccc(Cl)c(Cl)c3)[nH]n2)cc1. The maximum Gasteiger partial charge on any atom is 0.269 e. The van der Waals surface area contributed by atoms with E-state index in [0.717, 1.165) is 16.9 Å². The molecule has 1 heterocycles. The number of halogens is 2. The third-order valence-electron chi connectivity index (χ3n) is 3.72. The van der Waals surface area contributed by atoms with Crippen molar-refractivity contribution in [3.63, 3.8) is 0 Å². The van der Waals surface area contributed by atoms with Crippen LogP contribution in [0, 0.1) is 0 Å². The first-order chi connectivity index (χ1) is 12.6. The molecule has 0 radical (unpaired) electrons. The van der Waals surface area contributed by atoms with Crippen LogP contribution in [0.25, 0.3) is 11.3 Å². The first kappa shape index (κ1) is 18.3. The average molecular weight is 390 g/mol. The number of H-pyrrole nitrogens is 1. The van der Waals surface area contributed by atoms with Gasteiger partial charge in [-0.3, -0.25) is 9.89 Å². The van der Waals surface area contributed by atoms with E-state index in [9.17, 15) is 4.79 Å². The van der Waals surface area contributed by atoms with Crippen molar-refractivity contribution in [2.45, 2.75) is 13.5 Å². The lowest BCUT2D eigenvalue weighted by Crippen LogP contribution is -2.23. The molecule has 3 aromatic rings. The van der Waals surface area contributed by atoms with Gasteiger partial charge in [0, 0.05) is 12.1 Å². The zero-order valence-electron chi connectivity index (χ0n) is 14.1. The number of aromatic nitrogens is 2. The maximum absolute atomic E-state index is 12.3. The zero-order valence-corrected chi connectivity index (χ0v) is 15.6. The Labute approximate surface area is 161 Å². The summed E-state index contributed by atoms with van der Waals surface area (Å²) in [5.74, 6) is 0.548. The van der Waals surface area contributed by atoms with E-state index in [0.29, 0.717) is 34.6 Å². The van der Waals surface area contributed by atoms with E-state index in [4.69, 9.17) is 27.9 Å². The maximum atomic E-state index is 12.3. The van der Waals surface area contributed by atoms with Crippen molar-refractivity contribution in [3.8, 4) is 17.0 Å². The highest BCUT2D eigenvalue weighted by Crippen LogP contribution is 2.23. The van der Waals surface area contributed by atoms with Crippen LogP contribution in [0.3, 0.4) is 0 Å². The van der Waals surface area contributed by atoms with Crippen LogP contribution in [0.2, 0.25) is 10.0 Å². The van der Waals surface area contributed by atoms with Crippen LogP contribution in [0.4, 0.5) is 0 Å². The molecule has 0 atom stereocenters. The molecule has 0 aliphatic heterocycles. The Kier molecular flexibility index (Phi) is 5.81. The topological polar surface area (TPSA) is 67.0 Å². The summed E-state index contributed by atoms with van der Waals surface area (Å²) in [6, 6.07) is 14.5. The van der Waals surface area contributed by atoms with E-state index in [1.807, 2.05) is 37.3 Å². The quantitative estimate of drug-likeness (QED) is 0.641. The normalized spacial score (nSPS) is 10.6. The smallest absolute Gasteiger partial charge is 0.269 e. The number of nitrogens with one attached hydrogen (secondary N) is 2. The minimum Gasteiger partial charge on any atom is -0.494 e. The van der Waals surface area contributed by atoms with Gasteiger partial charge in [-0.2, -0.15) is 5.10 Å². The van der Waals surface area contributed by atoms with Crippen LogP contribution >= 0.6 is 23.2 Å². The second kappa shape index (κ2) is 8.25. The number of carbonyl (C=O) groups excluding carboxylic acids is 1. The van der Waals surface area contributed by atoms with Gasteiger partial charge in [0.25, 0.3) is 5.91 Å². The number of nitrogens with zero attached hydrogens (tertiary/aromatic N) is 1. The number of hydrogen-bond donors (Lipinski definition) is 2. The highest BCUT2D eigenvalue weighted by molar-refractivity contribution is 6.42. The molecule has 0 aliphatic carbocycles. The Morgan fingerprint density at radius 2 is 1.88 bits per heavy atom. The van der Waals surface area contributed by atoms with Gasteiger partial charge in [-0.05, 0) is 55.0 Å². The molecule has 3 rings (SSSR count). The van der Waals surface area contributed by atoms with Crippen LogP contribution in [-0.4, -0.2) is 22.7 Å². The molecule has 0 bridgehead atoms. The van der Waals surface area contributed by atoms with E-state index >= 15 is 0 Å². The van der Waals surface area contributed by atoms with Crippen LogP contribution in [0.1, 0.15) is 23.0 Å². The molecule has 2 aromatic carbocycles. The molecule has 0 fully saturated rings. The Morgan fingerprint density at radius 1 is 1.12 bits per heavy atom. The Morgan fingerprint density at radius 3 is 2.58 bits per heavy atom. The number of ether oxygens (including phenoxy) is 1. The first-order valence-corrected chi connectivity index (χ1v) is 8.83. The third-order valence-corrected chi connectivity index (χ3v) is 4.46. The predicted octanol–water partition coefficient (Wildman–Crippen LogP) is 4.71. The summed E-state index contributed by atoms with van der Waals surface area (Å²) in [5, 5.41) is 10.7. The average Bonchev–Trinajstić information content (AvgIpc) is 3.13. The highest BCUT2D eigenvalue weighted by Gasteiger charge is 2.11. The van der Waals surface area contributed by atoms with E-state index < -0.39 is 0 Å². The summed E-state index contributed by atoms with van der Waals surface area (Å²) in [7, 11) is 0. The standard InChI is InChI=1S/C19H17Cl2N3O2/c1-2-26-14-6-4-13(5-7-14)17-10-18(24-23-17)19(25)22-11-12-3-8-15(20)16(21)9-12/h3-10H,2,11H2,1H3,(H,22,25)(H,23,24). The zero-order chi connectivity index (χ0) is 18.5. The molecular weight excluding hydrogens is 373 g/mol. The highest BCUT2D eigenvalue weighted by atomic mass is 35.5. The fourth-order valence-corrected chi connectivity index (χ4v) is 2.72. The second-order valence-corrected chi connectivity index (χ2v) is 6.37. The van der Waals surface area contributed by atoms with Gasteiger partial charge in [-0.1, -0.05) is 29.3 Å². The van der Waals surface area contributed by atoms with Gasteiger partial charge in [0.1, 0.15) is 11.4 Å². The molecule has 7 heteroatoms. The number of benzene rings is 2. The van der Waals surface area contributed by atoms with Crippen molar-refractivity contribution < 1.29 is 9.53 Å². The molecule has 0 aliphatic rings. The van der Waals surface area contributed by atoms with Crippen molar-refractivity contribution in [1.82, 2.24) is 15.5 Å². The van der Waals surface area contributed by atoms with Crippen molar-refractivity contribution in [2.24, 2.45) is 0 Å². The van der Waals surface area contributed by atoms with Gasteiger partial charge in [0.05, 0.1) is 22.3 Å². The number of hydrogen-bond acceptors (Lipinski definition) is 3. The van der Waals surface area contributed by atoms with Crippen LogP contribution in [0.5, 0.6) is 5.75 Å². The molecular formula is C19H17Cl2N3O2. The molecule has 0 unspecified atom stereocenters. The summed E-state index contributed by atoms with van der Waals surface area (Å²) in [4.78, 5) is 12.3. The van der Waals surface area contributed by atoms with Gasteiger partial charge < -0.3 is 10.1 Å². The molecule has 26 heavy (non-hydrogen) atoms. The molecule has 5 nitrogen and oxygen atoms in total. The Balaban J connectivity index is 1.64. The van der Waals surface area contributed by atoms with Gasteiger partial charge >= 0.3 is 0 Å². The number of amides is 1. The molecule has 0 saturated carbocycles. The van der Waals surface area contributed by atoms with Crippen molar-refractivity contribution in [3.05, 3.63) is 69.8 Å². The third kappa shape index (κ3) is 4.36. The lowest BCUT2D eigenvalue weighted by Gasteiger charge is -2.05. The van der Waals surface area contributed by atoms with Gasteiger partial charge in [0.2, 0.25) is 0 Å². The van der Waals surface area contributed by atoms with Crippen LogP contribution < -0.4 is 10.1 Å². The number of carbonyl (C=O) groups is 1. The molecule has 2 N–H and O–H groups in total. The van der Waals surface area contributed by atoms with E-state index in [-0.39, 0.29) is 5.91 Å². The molecule has 0 saturated heterocycles. The minimum atomic E-state index is -0.249. The summed E-state index contributed by atoms with van der Waals surface area (Å²) in [5.41, 5.74) is 2.83. The second-order valence-electron chi connectivity index (χ2n) is 5.56.